The second kappa shape index (κ2) is 4.64. The molecule has 0 aliphatic rings. The van der Waals surface area contributed by atoms with Gasteiger partial charge in [0.25, 0.3) is 0 Å². The Morgan fingerprint density at radius 3 is 2.22 bits per heavy atom. The molecule has 2 N–H and O–H groups in total. The van der Waals surface area contributed by atoms with Gasteiger partial charge in [0.05, 0.1) is 0 Å². The molecule has 0 heterocycles. The van der Waals surface area contributed by atoms with Crippen LogP contribution >= 0.6 is 0 Å². The molecule has 0 saturated carbocycles. The van der Waals surface area contributed by atoms with E-state index in [0.29, 0.717) is 6.54 Å². The van der Waals surface area contributed by atoms with Crippen LogP contribution in [0.1, 0.15) is 5.56 Å². The summed E-state index contributed by atoms with van der Waals surface area (Å²) in [6, 6.07) is 10.6. The number of hydrogen-bond donors (Lipinski definition) is 1. The van der Waals surface area contributed by atoms with Gasteiger partial charge in [-0.05, 0) is 11.6 Å². The molecule has 0 bridgehead atoms. The van der Waals surface area contributed by atoms with E-state index < -0.39 is 0 Å². The normalized spacial score (nSPS) is 8.11. The van der Waals surface area contributed by atoms with Gasteiger partial charge < -0.3 is 5.73 Å². The van der Waals surface area contributed by atoms with E-state index in [-0.39, 0.29) is 18.9 Å². The Morgan fingerprint density at radius 1 is 1.33 bits per heavy atom. The Bertz CT molecular complexity index is 150. The summed E-state index contributed by atoms with van der Waals surface area (Å²) in [7, 11) is 0. The summed E-state index contributed by atoms with van der Waals surface area (Å²) in [5.41, 5.74) is 6.49. The monoisotopic (exact) mass is 114 g/mol. The van der Waals surface area contributed by atoms with E-state index in [1.54, 1.807) is 0 Å². The van der Waals surface area contributed by atoms with E-state index in [1.807, 2.05) is 24.3 Å². The number of benzene rings is 1. The minimum absolute atomic E-state index is 0. The Hall–Kier alpha value is -0.223. The van der Waals surface area contributed by atoms with Crippen LogP contribution in [0.5, 0.6) is 0 Å². The Balaban J connectivity index is 0.000000640. The fourth-order valence-corrected chi connectivity index (χ4v) is 0.557. The molecule has 1 aromatic rings. The molecule has 43 valence electrons. The third kappa shape index (κ3) is 2.72. The zero-order chi connectivity index (χ0) is 5.82. The molecular formula is C7H9LiN. The third-order valence-corrected chi connectivity index (χ3v) is 1.02. The average molecular weight is 114 g/mol. The van der Waals surface area contributed by atoms with Crippen LogP contribution in [0.2, 0.25) is 0 Å². The van der Waals surface area contributed by atoms with E-state index >= 15 is 0 Å². The van der Waals surface area contributed by atoms with Gasteiger partial charge in [-0.1, -0.05) is 24.3 Å². The SMILES string of the molecule is NCc1cc[c]cc1.[LiH]. The second-order valence-corrected chi connectivity index (χ2v) is 1.61. The van der Waals surface area contributed by atoms with Crippen molar-refractivity contribution in [2.75, 3.05) is 0 Å². The molecule has 0 atom stereocenters. The molecule has 0 aliphatic carbocycles. The van der Waals surface area contributed by atoms with Crippen LogP contribution in [0.4, 0.5) is 0 Å². The molecule has 9 heavy (non-hydrogen) atoms. The maximum absolute atomic E-state index is 5.34. The third-order valence-electron chi connectivity index (χ3n) is 1.02. The zero-order valence-corrected chi connectivity index (χ0v) is 4.59. The van der Waals surface area contributed by atoms with Crippen molar-refractivity contribution in [2.24, 2.45) is 5.73 Å². The van der Waals surface area contributed by atoms with E-state index in [2.05, 4.69) is 6.07 Å². The summed E-state index contributed by atoms with van der Waals surface area (Å²) in [6.45, 7) is 0.620. The molecule has 1 rings (SSSR count). The zero-order valence-electron chi connectivity index (χ0n) is 4.59. The van der Waals surface area contributed by atoms with Gasteiger partial charge in [0.1, 0.15) is 0 Å². The van der Waals surface area contributed by atoms with Crippen molar-refractivity contribution >= 4 is 18.9 Å². The van der Waals surface area contributed by atoms with Gasteiger partial charge in [0.15, 0.2) is 0 Å². The molecule has 0 spiro atoms. The summed E-state index contributed by atoms with van der Waals surface area (Å²) in [5.74, 6) is 0. The average Bonchev–Trinajstić information content (AvgIpc) is 1.90. The van der Waals surface area contributed by atoms with Gasteiger partial charge in [-0.25, -0.2) is 0 Å². The van der Waals surface area contributed by atoms with Crippen molar-refractivity contribution in [1.29, 1.82) is 0 Å². The van der Waals surface area contributed by atoms with Crippen LogP contribution in [-0.2, 0) is 6.54 Å². The van der Waals surface area contributed by atoms with Crippen LogP contribution < -0.4 is 5.73 Å². The molecule has 0 aliphatic heterocycles. The molecule has 2 heteroatoms. The first-order chi connectivity index (χ1) is 3.93. The molecule has 0 amide bonds. The van der Waals surface area contributed by atoms with Crippen molar-refractivity contribution in [3.8, 4) is 0 Å². The van der Waals surface area contributed by atoms with Gasteiger partial charge in [0.2, 0.25) is 0 Å². The molecule has 0 unspecified atom stereocenters. The van der Waals surface area contributed by atoms with Crippen LogP contribution in [-0.4, -0.2) is 18.9 Å². The second-order valence-electron chi connectivity index (χ2n) is 1.61. The van der Waals surface area contributed by atoms with Gasteiger partial charge in [-0.15, -0.1) is 0 Å². The van der Waals surface area contributed by atoms with Crippen LogP contribution in [0.3, 0.4) is 0 Å². The van der Waals surface area contributed by atoms with Gasteiger partial charge in [-0.2, -0.15) is 0 Å². The van der Waals surface area contributed by atoms with Crippen molar-refractivity contribution in [2.45, 2.75) is 6.54 Å². The van der Waals surface area contributed by atoms with Crippen molar-refractivity contribution < 1.29 is 0 Å². The maximum atomic E-state index is 5.34. The molecule has 0 fully saturated rings. The van der Waals surface area contributed by atoms with E-state index in [1.165, 1.54) is 0 Å². The molecular weight excluding hydrogens is 105 g/mol. The van der Waals surface area contributed by atoms with Crippen LogP contribution in [0, 0.1) is 6.07 Å². The van der Waals surface area contributed by atoms with Crippen molar-refractivity contribution in [1.82, 2.24) is 0 Å². The number of hydrogen-bond acceptors (Lipinski definition) is 1. The Labute approximate surface area is 67.4 Å². The standard InChI is InChI=1S/C7H8N.Li.H/c8-6-7-4-2-1-3-5-7;;/h2-5H,6,8H2;;. The first kappa shape index (κ1) is 8.78. The number of rotatable bonds is 1. The molecule has 1 nitrogen and oxygen atoms in total. The summed E-state index contributed by atoms with van der Waals surface area (Å²) < 4.78 is 0. The van der Waals surface area contributed by atoms with E-state index in [9.17, 15) is 0 Å². The molecule has 0 saturated heterocycles. The summed E-state index contributed by atoms with van der Waals surface area (Å²) >= 11 is 0. The van der Waals surface area contributed by atoms with Crippen molar-refractivity contribution in [3.05, 3.63) is 35.9 Å². The summed E-state index contributed by atoms with van der Waals surface area (Å²) in [6.07, 6.45) is 0. The topological polar surface area (TPSA) is 26.0 Å². The van der Waals surface area contributed by atoms with E-state index in [4.69, 9.17) is 5.73 Å². The molecule has 0 aromatic heterocycles. The minimum atomic E-state index is 0. The van der Waals surface area contributed by atoms with Crippen molar-refractivity contribution in [3.63, 3.8) is 0 Å². The fourth-order valence-electron chi connectivity index (χ4n) is 0.557. The predicted molar refractivity (Wildman–Crippen MR) is 40.3 cm³/mol. The Morgan fingerprint density at radius 2 is 1.89 bits per heavy atom. The van der Waals surface area contributed by atoms with Crippen LogP contribution in [0.25, 0.3) is 0 Å². The molecule has 1 radical (unpaired) electrons. The predicted octanol–water partition coefficient (Wildman–Crippen LogP) is 0.297. The van der Waals surface area contributed by atoms with Gasteiger partial charge in [0, 0.05) is 6.54 Å². The molecule has 1 aromatic carbocycles. The quantitative estimate of drug-likeness (QED) is 0.522. The Kier molecular flexibility index (Phi) is 4.52. The first-order valence-corrected chi connectivity index (χ1v) is 2.58. The van der Waals surface area contributed by atoms with E-state index in [0.717, 1.165) is 5.56 Å². The summed E-state index contributed by atoms with van der Waals surface area (Å²) in [5, 5.41) is 0. The fraction of sp³-hybridized carbons (Fsp3) is 0.143. The number of nitrogens with two attached hydrogens (primary N) is 1. The van der Waals surface area contributed by atoms with Gasteiger partial charge in [-0.3, -0.25) is 0 Å². The summed E-state index contributed by atoms with van der Waals surface area (Å²) in [4.78, 5) is 0. The first-order valence-electron chi connectivity index (χ1n) is 2.58. The van der Waals surface area contributed by atoms with Gasteiger partial charge >= 0.3 is 18.9 Å². The van der Waals surface area contributed by atoms with Crippen LogP contribution in [0.15, 0.2) is 24.3 Å².